The summed E-state index contributed by atoms with van der Waals surface area (Å²) in [7, 11) is 0. The number of amides is 2. The van der Waals surface area contributed by atoms with Gasteiger partial charge in [0.05, 0.1) is 17.2 Å². The van der Waals surface area contributed by atoms with Crippen LogP contribution in [0, 0.1) is 5.92 Å². The van der Waals surface area contributed by atoms with Gasteiger partial charge in [-0.1, -0.05) is 61.8 Å². The molecule has 6 heteroatoms. The van der Waals surface area contributed by atoms with Crippen molar-refractivity contribution in [1.82, 2.24) is 10.6 Å². The van der Waals surface area contributed by atoms with Gasteiger partial charge in [0.15, 0.2) is 0 Å². The van der Waals surface area contributed by atoms with E-state index in [0.29, 0.717) is 30.3 Å². The summed E-state index contributed by atoms with van der Waals surface area (Å²) in [5, 5.41) is 6.08. The van der Waals surface area contributed by atoms with Gasteiger partial charge in [0, 0.05) is 13.2 Å². The summed E-state index contributed by atoms with van der Waals surface area (Å²) >= 11 is 6.09. The van der Waals surface area contributed by atoms with E-state index in [1.807, 2.05) is 45.0 Å². The molecule has 0 aliphatic carbocycles. The fraction of sp³-hybridized carbons (Fsp3) is 0.364. The molecule has 0 aliphatic rings. The number of benzene rings is 2. The molecule has 2 amide bonds. The average molecular weight is 403 g/mol. The fourth-order valence-electron chi connectivity index (χ4n) is 2.77. The lowest BCUT2D eigenvalue weighted by molar-refractivity contribution is -0.124. The second kappa shape index (κ2) is 10.8. The van der Waals surface area contributed by atoms with Crippen LogP contribution in [0.4, 0.5) is 0 Å². The first-order valence-corrected chi connectivity index (χ1v) is 9.79. The summed E-state index contributed by atoms with van der Waals surface area (Å²) in [6, 6.07) is 13.9. The SMILES string of the molecule is CCOCc1ccccc1CNC(=O)C(NC(=O)c1ccccc1Cl)C(C)C. The topological polar surface area (TPSA) is 67.4 Å². The molecule has 0 fully saturated rings. The molecule has 2 aromatic rings. The molecule has 0 spiro atoms. The monoisotopic (exact) mass is 402 g/mol. The summed E-state index contributed by atoms with van der Waals surface area (Å²) < 4.78 is 5.48. The predicted octanol–water partition coefficient (Wildman–Crippen LogP) is 3.95. The molecule has 0 radical (unpaired) electrons. The van der Waals surface area contributed by atoms with Gasteiger partial charge in [-0.05, 0) is 36.1 Å². The van der Waals surface area contributed by atoms with Crippen LogP contribution in [0.2, 0.25) is 5.02 Å². The number of nitrogens with one attached hydrogen (secondary N) is 2. The summed E-state index contributed by atoms with van der Waals surface area (Å²) in [6.07, 6.45) is 0. The number of carbonyl (C=O) groups excluding carboxylic acids is 2. The molecule has 5 nitrogen and oxygen atoms in total. The van der Waals surface area contributed by atoms with Gasteiger partial charge in [0.2, 0.25) is 5.91 Å². The van der Waals surface area contributed by atoms with Gasteiger partial charge < -0.3 is 15.4 Å². The van der Waals surface area contributed by atoms with E-state index in [9.17, 15) is 9.59 Å². The first kappa shape index (κ1) is 21.9. The Kier molecular flexibility index (Phi) is 8.48. The zero-order chi connectivity index (χ0) is 20.5. The molecule has 2 rings (SSSR count). The van der Waals surface area contributed by atoms with E-state index in [1.165, 1.54) is 0 Å². The van der Waals surface area contributed by atoms with E-state index in [1.54, 1.807) is 24.3 Å². The Balaban J connectivity index is 2.04. The molecule has 0 aliphatic heterocycles. The second-order valence-electron chi connectivity index (χ2n) is 6.80. The number of carbonyl (C=O) groups is 2. The summed E-state index contributed by atoms with van der Waals surface area (Å²) in [5.74, 6) is -0.678. The maximum Gasteiger partial charge on any atom is 0.253 e. The largest absolute Gasteiger partial charge is 0.377 e. The normalized spacial score (nSPS) is 11.9. The van der Waals surface area contributed by atoms with Gasteiger partial charge >= 0.3 is 0 Å². The van der Waals surface area contributed by atoms with Crippen molar-refractivity contribution in [2.45, 2.75) is 40.0 Å². The van der Waals surface area contributed by atoms with Gasteiger partial charge in [0.1, 0.15) is 6.04 Å². The van der Waals surface area contributed by atoms with Crippen LogP contribution in [0.1, 0.15) is 42.3 Å². The number of ether oxygens (including phenoxy) is 1. The molecule has 0 saturated heterocycles. The second-order valence-corrected chi connectivity index (χ2v) is 7.21. The van der Waals surface area contributed by atoms with Crippen molar-refractivity contribution in [1.29, 1.82) is 0 Å². The van der Waals surface area contributed by atoms with E-state index in [2.05, 4.69) is 10.6 Å². The Labute approximate surface area is 171 Å². The van der Waals surface area contributed by atoms with Crippen LogP contribution in [0.15, 0.2) is 48.5 Å². The maximum atomic E-state index is 12.7. The highest BCUT2D eigenvalue weighted by Crippen LogP contribution is 2.16. The molecular weight excluding hydrogens is 376 g/mol. The first-order valence-electron chi connectivity index (χ1n) is 9.41. The molecule has 0 heterocycles. The summed E-state index contributed by atoms with van der Waals surface area (Å²) in [5.41, 5.74) is 2.37. The zero-order valence-electron chi connectivity index (χ0n) is 16.5. The van der Waals surface area contributed by atoms with Crippen molar-refractivity contribution in [2.75, 3.05) is 6.61 Å². The molecule has 0 aromatic heterocycles. The fourth-order valence-corrected chi connectivity index (χ4v) is 3.00. The van der Waals surface area contributed by atoms with E-state index in [-0.39, 0.29) is 17.7 Å². The molecule has 2 N–H and O–H groups in total. The highest BCUT2D eigenvalue weighted by molar-refractivity contribution is 6.33. The van der Waals surface area contributed by atoms with Crippen molar-refractivity contribution in [3.8, 4) is 0 Å². The minimum Gasteiger partial charge on any atom is -0.377 e. The predicted molar refractivity (Wildman–Crippen MR) is 111 cm³/mol. The lowest BCUT2D eigenvalue weighted by Crippen LogP contribution is -2.49. The minimum absolute atomic E-state index is 0.0786. The molecule has 0 bridgehead atoms. The Hall–Kier alpha value is -2.37. The van der Waals surface area contributed by atoms with Gasteiger partial charge in [0.25, 0.3) is 5.91 Å². The van der Waals surface area contributed by atoms with E-state index < -0.39 is 6.04 Å². The average Bonchev–Trinajstić information content (AvgIpc) is 2.69. The van der Waals surface area contributed by atoms with Crippen LogP contribution in [-0.2, 0) is 22.7 Å². The van der Waals surface area contributed by atoms with Crippen LogP contribution >= 0.6 is 11.6 Å². The van der Waals surface area contributed by atoms with Crippen LogP contribution in [-0.4, -0.2) is 24.5 Å². The van der Waals surface area contributed by atoms with Crippen molar-refractivity contribution < 1.29 is 14.3 Å². The molecule has 150 valence electrons. The highest BCUT2D eigenvalue weighted by atomic mass is 35.5. The standard InChI is InChI=1S/C22H27ClN2O3/c1-4-28-14-17-10-6-5-9-16(17)13-24-22(27)20(15(2)3)25-21(26)18-11-7-8-12-19(18)23/h5-12,15,20H,4,13-14H2,1-3H3,(H,24,27)(H,25,26). The highest BCUT2D eigenvalue weighted by Gasteiger charge is 2.25. The van der Waals surface area contributed by atoms with Crippen molar-refractivity contribution in [3.05, 3.63) is 70.2 Å². The molecule has 2 aromatic carbocycles. The lowest BCUT2D eigenvalue weighted by atomic mass is 10.0. The summed E-state index contributed by atoms with van der Waals surface area (Å²) in [6.45, 7) is 7.22. The van der Waals surface area contributed by atoms with Gasteiger partial charge in [-0.15, -0.1) is 0 Å². The first-order chi connectivity index (χ1) is 13.4. The molecule has 1 atom stereocenters. The number of rotatable bonds is 9. The third kappa shape index (κ3) is 6.08. The Morgan fingerprint density at radius 2 is 1.68 bits per heavy atom. The maximum absolute atomic E-state index is 12.7. The van der Waals surface area contributed by atoms with E-state index >= 15 is 0 Å². The van der Waals surface area contributed by atoms with Gasteiger partial charge in [-0.2, -0.15) is 0 Å². The summed E-state index contributed by atoms with van der Waals surface area (Å²) in [4.78, 5) is 25.3. The van der Waals surface area contributed by atoms with E-state index in [4.69, 9.17) is 16.3 Å². The van der Waals surface area contributed by atoms with Crippen molar-refractivity contribution in [3.63, 3.8) is 0 Å². The van der Waals surface area contributed by atoms with Crippen LogP contribution < -0.4 is 10.6 Å². The third-order valence-electron chi connectivity index (χ3n) is 4.39. The van der Waals surface area contributed by atoms with Gasteiger partial charge in [-0.3, -0.25) is 9.59 Å². The van der Waals surface area contributed by atoms with Crippen LogP contribution in [0.25, 0.3) is 0 Å². The quantitative estimate of drug-likeness (QED) is 0.667. The van der Waals surface area contributed by atoms with Gasteiger partial charge in [-0.25, -0.2) is 0 Å². The Morgan fingerprint density at radius 3 is 2.32 bits per heavy atom. The molecule has 1 unspecified atom stereocenters. The Bertz CT molecular complexity index is 808. The number of hydrogen-bond donors (Lipinski definition) is 2. The van der Waals surface area contributed by atoms with Crippen LogP contribution in [0.5, 0.6) is 0 Å². The zero-order valence-corrected chi connectivity index (χ0v) is 17.3. The molecule has 0 saturated carbocycles. The van der Waals surface area contributed by atoms with Crippen LogP contribution in [0.3, 0.4) is 0 Å². The van der Waals surface area contributed by atoms with Crippen molar-refractivity contribution in [2.24, 2.45) is 5.92 Å². The smallest absolute Gasteiger partial charge is 0.253 e. The lowest BCUT2D eigenvalue weighted by Gasteiger charge is -2.22. The molecular formula is C22H27ClN2O3. The van der Waals surface area contributed by atoms with Crippen molar-refractivity contribution >= 4 is 23.4 Å². The number of halogens is 1. The number of hydrogen-bond acceptors (Lipinski definition) is 3. The third-order valence-corrected chi connectivity index (χ3v) is 4.72. The Morgan fingerprint density at radius 1 is 1.04 bits per heavy atom. The van der Waals surface area contributed by atoms with E-state index in [0.717, 1.165) is 11.1 Å². The molecule has 28 heavy (non-hydrogen) atoms. The minimum atomic E-state index is -0.664.